The predicted octanol–water partition coefficient (Wildman–Crippen LogP) is 2.43. The van der Waals surface area contributed by atoms with Crippen LogP contribution in [0.3, 0.4) is 0 Å². The molecule has 3 N–H and O–H groups in total. The molecule has 1 amide bonds. The SMILES string of the molecule is NS(=O)(=O)c1ccc(CNC(=O)/C=C/c2ccc(Br)cc2)cc1. The zero-order chi connectivity index (χ0) is 16.9. The van der Waals surface area contributed by atoms with Gasteiger partial charge >= 0.3 is 0 Å². The Morgan fingerprint density at radius 2 is 1.70 bits per heavy atom. The van der Waals surface area contributed by atoms with Gasteiger partial charge in [-0.05, 0) is 41.5 Å². The van der Waals surface area contributed by atoms with Crippen molar-refractivity contribution in [1.29, 1.82) is 0 Å². The maximum Gasteiger partial charge on any atom is 0.244 e. The minimum atomic E-state index is -3.70. The molecule has 0 aliphatic carbocycles. The zero-order valence-electron chi connectivity index (χ0n) is 12.1. The molecular weight excluding hydrogens is 380 g/mol. The van der Waals surface area contributed by atoms with Gasteiger partial charge in [-0.15, -0.1) is 0 Å². The highest BCUT2D eigenvalue weighted by Gasteiger charge is 2.06. The van der Waals surface area contributed by atoms with E-state index >= 15 is 0 Å². The third-order valence-corrected chi connectivity index (χ3v) is 4.47. The highest BCUT2D eigenvalue weighted by molar-refractivity contribution is 9.10. The van der Waals surface area contributed by atoms with Gasteiger partial charge in [0.25, 0.3) is 0 Å². The van der Waals surface area contributed by atoms with Crippen molar-refractivity contribution < 1.29 is 13.2 Å². The summed E-state index contributed by atoms with van der Waals surface area (Å²) in [6, 6.07) is 13.6. The van der Waals surface area contributed by atoms with Gasteiger partial charge in [-0.3, -0.25) is 4.79 Å². The Kier molecular flexibility index (Phi) is 5.70. The lowest BCUT2D eigenvalue weighted by Gasteiger charge is -2.04. The summed E-state index contributed by atoms with van der Waals surface area (Å²) >= 11 is 3.34. The minimum Gasteiger partial charge on any atom is -0.348 e. The fraction of sp³-hybridized carbons (Fsp3) is 0.0625. The first kappa shape index (κ1) is 17.4. The molecule has 0 saturated heterocycles. The molecule has 0 aromatic heterocycles. The smallest absolute Gasteiger partial charge is 0.244 e. The number of nitrogens with two attached hydrogens (primary N) is 1. The van der Waals surface area contributed by atoms with E-state index in [1.807, 2.05) is 24.3 Å². The van der Waals surface area contributed by atoms with Gasteiger partial charge in [0.05, 0.1) is 4.90 Å². The molecule has 120 valence electrons. The molecule has 23 heavy (non-hydrogen) atoms. The molecule has 5 nitrogen and oxygen atoms in total. The lowest BCUT2D eigenvalue weighted by Crippen LogP contribution is -2.20. The van der Waals surface area contributed by atoms with Gasteiger partial charge in [0, 0.05) is 17.1 Å². The molecule has 0 aliphatic heterocycles. The average Bonchev–Trinajstić information content (AvgIpc) is 2.52. The standard InChI is InChI=1S/C16H15BrN2O3S/c17-14-6-1-12(2-7-14)5-10-16(20)19-11-13-3-8-15(9-4-13)23(18,21)22/h1-10H,11H2,(H,19,20)(H2,18,21,22)/b10-5+. The lowest BCUT2D eigenvalue weighted by molar-refractivity contribution is -0.116. The number of primary sulfonamides is 1. The molecular formula is C16H15BrN2O3S. The van der Waals surface area contributed by atoms with E-state index in [1.165, 1.54) is 18.2 Å². The van der Waals surface area contributed by atoms with Crippen LogP contribution in [0.1, 0.15) is 11.1 Å². The van der Waals surface area contributed by atoms with Gasteiger partial charge in [0.2, 0.25) is 15.9 Å². The van der Waals surface area contributed by atoms with Crippen LogP contribution in [0.4, 0.5) is 0 Å². The van der Waals surface area contributed by atoms with E-state index < -0.39 is 10.0 Å². The average molecular weight is 395 g/mol. The Morgan fingerprint density at radius 3 is 2.26 bits per heavy atom. The number of hydrogen-bond acceptors (Lipinski definition) is 3. The van der Waals surface area contributed by atoms with Gasteiger partial charge in [-0.25, -0.2) is 13.6 Å². The number of hydrogen-bond donors (Lipinski definition) is 2. The molecule has 7 heteroatoms. The largest absolute Gasteiger partial charge is 0.348 e. The molecule has 0 radical (unpaired) electrons. The summed E-state index contributed by atoms with van der Waals surface area (Å²) in [5.41, 5.74) is 1.70. The van der Waals surface area contributed by atoms with Crippen LogP contribution in [0.25, 0.3) is 6.08 Å². The van der Waals surface area contributed by atoms with Crippen molar-refractivity contribution >= 4 is 37.9 Å². The summed E-state index contributed by atoms with van der Waals surface area (Å²) < 4.78 is 23.3. The number of carbonyl (C=O) groups is 1. The van der Waals surface area contributed by atoms with Gasteiger partial charge < -0.3 is 5.32 Å². The quantitative estimate of drug-likeness (QED) is 0.762. The van der Waals surface area contributed by atoms with E-state index in [0.29, 0.717) is 6.54 Å². The van der Waals surface area contributed by atoms with Crippen LogP contribution in [0.15, 0.2) is 64.0 Å². The molecule has 0 fully saturated rings. The fourth-order valence-corrected chi connectivity index (χ4v) is 2.57. The maximum absolute atomic E-state index is 11.8. The van der Waals surface area contributed by atoms with Gasteiger partial charge in [-0.1, -0.05) is 40.2 Å². The first-order valence-corrected chi connectivity index (χ1v) is 9.02. The second-order valence-electron chi connectivity index (χ2n) is 4.79. The first-order chi connectivity index (χ1) is 10.8. The molecule has 0 unspecified atom stereocenters. The van der Waals surface area contributed by atoms with Crippen molar-refractivity contribution in [2.75, 3.05) is 0 Å². The Balaban J connectivity index is 1.90. The third kappa shape index (κ3) is 5.63. The van der Waals surface area contributed by atoms with Crippen LogP contribution < -0.4 is 10.5 Å². The summed E-state index contributed by atoms with van der Waals surface area (Å²) in [6.07, 6.45) is 3.16. The van der Waals surface area contributed by atoms with Crippen molar-refractivity contribution in [1.82, 2.24) is 5.32 Å². The summed E-state index contributed by atoms with van der Waals surface area (Å²) in [5, 5.41) is 7.75. The molecule has 0 atom stereocenters. The Bertz CT molecular complexity index is 813. The zero-order valence-corrected chi connectivity index (χ0v) is 14.5. The second kappa shape index (κ2) is 7.54. The van der Waals surface area contributed by atoms with Crippen LogP contribution in [0.2, 0.25) is 0 Å². The van der Waals surface area contributed by atoms with Gasteiger partial charge in [-0.2, -0.15) is 0 Å². The second-order valence-corrected chi connectivity index (χ2v) is 7.27. The number of amides is 1. The molecule has 0 aliphatic rings. The summed E-state index contributed by atoms with van der Waals surface area (Å²) in [5.74, 6) is -0.233. The van der Waals surface area contributed by atoms with Crippen LogP contribution >= 0.6 is 15.9 Å². The Labute approximate surface area is 143 Å². The Hall–Kier alpha value is -1.96. The van der Waals surface area contributed by atoms with Gasteiger partial charge in [0.15, 0.2) is 0 Å². The van der Waals surface area contributed by atoms with E-state index in [9.17, 15) is 13.2 Å². The maximum atomic E-state index is 11.8. The molecule has 2 aromatic carbocycles. The molecule has 2 rings (SSSR count). The van der Waals surface area contributed by atoms with Crippen molar-refractivity contribution in [3.05, 3.63) is 70.2 Å². The number of benzene rings is 2. The van der Waals surface area contributed by atoms with Crippen molar-refractivity contribution in [3.8, 4) is 0 Å². The van der Waals surface area contributed by atoms with E-state index in [0.717, 1.165) is 15.6 Å². The number of rotatable bonds is 5. The van der Waals surface area contributed by atoms with E-state index in [2.05, 4.69) is 21.2 Å². The lowest BCUT2D eigenvalue weighted by atomic mass is 10.2. The van der Waals surface area contributed by atoms with Crippen LogP contribution in [-0.4, -0.2) is 14.3 Å². The van der Waals surface area contributed by atoms with Gasteiger partial charge in [0.1, 0.15) is 0 Å². The topological polar surface area (TPSA) is 89.3 Å². The molecule has 0 spiro atoms. The summed E-state index contributed by atoms with van der Waals surface area (Å²) in [4.78, 5) is 11.8. The number of sulfonamides is 1. The third-order valence-electron chi connectivity index (χ3n) is 3.02. The number of halogens is 1. The molecule has 0 bridgehead atoms. The van der Waals surface area contributed by atoms with E-state index in [1.54, 1.807) is 18.2 Å². The van der Waals surface area contributed by atoms with Crippen molar-refractivity contribution in [2.24, 2.45) is 5.14 Å². The predicted molar refractivity (Wildman–Crippen MR) is 92.8 cm³/mol. The van der Waals surface area contributed by atoms with Crippen molar-refractivity contribution in [3.63, 3.8) is 0 Å². The summed E-state index contributed by atoms with van der Waals surface area (Å²) in [6.45, 7) is 0.300. The molecule has 0 heterocycles. The number of nitrogens with one attached hydrogen (secondary N) is 1. The highest BCUT2D eigenvalue weighted by atomic mass is 79.9. The highest BCUT2D eigenvalue weighted by Crippen LogP contribution is 2.11. The van der Waals surface area contributed by atoms with E-state index in [4.69, 9.17) is 5.14 Å². The molecule has 0 saturated carbocycles. The Morgan fingerprint density at radius 1 is 1.09 bits per heavy atom. The monoisotopic (exact) mass is 394 g/mol. The molecule has 2 aromatic rings. The van der Waals surface area contributed by atoms with E-state index in [-0.39, 0.29) is 10.8 Å². The van der Waals surface area contributed by atoms with Crippen molar-refractivity contribution in [2.45, 2.75) is 11.4 Å². The minimum absolute atomic E-state index is 0.0442. The van der Waals surface area contributed by atoms with Crippen LogP contribution in [0, 0.1) is 0 Å². The van der Waals surface area contributed by atoms with Crippen LogP contribution in [-0.2, 0) is 21.4 Å². The fourth-order valence-electron chi connectivity index (χ4n) is 1.79. The first-order valence-electron chi connectivity index (χ1n) is 6.68. The summed E-state index contributed by atoms with van der Waals surface area (Å²) in [7, 11) is -3.70. The normalized spacial score (nSPS) is 11.6. The van der Waals surface area contributed by atoms with Crippen LogP contribution in [0.5, 0.6) is 0 Å². The number of carbonyl (C=O) groups excluding carboxylic acids is 1.